The van der Waals surface area contributed by atoms with E-state index in [9.17, 15) is 4.79 Å². The average Bonchev–Trinajstić information content (AvgIpc) is 2.23. The van der Waals surface area contributed by atoms with Crippen molar-refractivity contribution in [2.45, 2.75) is 19.8 Å². The van der Waals surface area contributed by atoms with Crippen molar-refractivity contribution >= 4 is 23.2 Å². The first-order valence-corrected chi connectivity index (χ1v) is 5.64. The van der Waals surface area contributed by atoms with Crippen LogP contribution in [0.15, 0.2) is 24.3 Å². The monoisotopic (exact) mass is 223 g/mol. The van der Waals surface area contributed by atoms with Gasteiger partial charge in [0.25, 0.3) is 0 Å². The molecule has 1 saturated heterocycles. The fourth-order valence-electron chi connectivity index (χ4n) is 1.97. The van der Waals surface area contributed by atoms with Gasteiger partial charge in [0.2, 0.25) is 5.91 Å². The quantitative estimate of drug-likeness (QED) is 0.717. The van der Waals surface area contributed by atoms with Gasteiger partial charge in [-0.25, -0.2) is 0 Å². The molecule has 2 rings (SSSR count). The van der Waals surface area contributed by atoms with Gasteiger partial charge in [-0.1, -0.05) is 30.7 Å². The van der Waals surface area contributed by atoms with E-state index in [2.05, 4.69) is 0 Å². The molecule has 1 amide bonds. The summed E-state index contributed by atoms with van der Waals surface area (Å²) < 4.78 is 0. The van der Waals surface area contributed by atoms with E-state index >= 15 is 0 Å². The topological polar surface area (TPSA) is 20.3 Å². The first kappa shape index (κ1) is 10.5. The number of hydrogen-bond acceptors (Lipinski definition) is 1. The Hall–Kier alpha value is -1.02. The van der Waals surface area contributed by atoms with Gasteiger partial charge >= 0.3 is 0 Å². The summed E-state index contributed by atoms with van der Waals surface area (Å²) in [7, 11) is 0. The SMILES string of the molecule is CC1CCCN(c2ccccc2Cl)C1=O. The van der Waals surface area contributed by atoms with Crippen LogP contribution in [0.25, 0.3) is 0 Å². The van der Waals surface area contributed by atoms with Gasteiger partial charge < -0.3 is 4.90 Å². The maximum absolute atomic E-state index is 11.9. The molecule has 1 fully saturated rings. The summed E-state index contributed by atoms with van der Waals surface area (Å²) in [6.45, 7) is 2.76. The molecular weight excluding hydrogens is 210 g/mol. The van der Waals surface area contributed by atoms with Crippen LogP contribution in [0.3, 0.4) is 0 Å². The lowest BCUT2D eigenvalue weighted by atomic mass is 9.98. The van der Waals surface area contributed by atoms with Crippen LogP contribution >= 0.6 is 11.6 Å². The number of halogens is 1. The van der Waals surface area contributed by atoms with E-state index in [0.717, 1.165) is 25.1 Å². The number of piperidine rings is 1. The standard InChI is InChI=1S/C12H14ClNO/c1-9-5-4-8-14(12(9)15)11-7-3-2-6-10(11)13/h2-3,6-7,9H,4-5,8H2,1H3. The summed E-state index contributed by atoms with van der Waals surface area (Å²) >= 11 is 6.08. The Kier molecular flexibility index (Phi) is 2.96. The van der Waals surface area contributed by atoms with Crippen molar-refractivity contribution in [3.8, 4) is 0 Å². The second-order valence-corrected chi connectivity index (χ2v) is 4.39. The van der Waals surface area contributed by atoms with Crippen molar-refractivity contribution in [3.05, 3.63) is 29.3 Å². The van der Waals surface area contributed by atoms with Crippen molar-refractivity contribution in [3.63, 3.8) is 0 Å². The third-order valence-electron chi connectivity index (χ3n) is 2.85. The zero-order valence-corrected chi connectivity index (χ0v) is 9.50. The second kappa shape index (κ2) is 4.23. The van der Waals surface area contributed by atoms with Crippen molar-refractivity contribution in [1.82, 2.24) is 0 Å². The number of anilines is 1. The lowest BCUT2D eigenvalue weighted by Gasteiger charge is -2.31. The predicted molar refractivity (Wildman–Crippen MR) is 62.2 cm³/mol. The summed E-state index contributed by atoms with van der Waals surface area (Å²) in [4.78, 5) is 13.7. The van der Waals surface area contributed by atoms with Crippen molar-refractivity contribution < 1.29 is 4.79 Å². The van der Waals surface area contributed by atoms with E-state index in [1.54, 1.807) is 4.90 Å². The molecule has 1 unspecified atom stereocenters. The molecule has 1 heterocycles. The van der Waals surface area contributed by atoms with Crippen LogP contribution in [0.5, 0.6) is 0 Å². The molecule has 0 bridgehead atoms. The molecule has 80 valence electrons. The van der Waals surface area contributed by atoms with E-state index in [4.69, 9.17) is 11.6 Å². The summed E-state index contributed by atoms with van der Waals surface area (Å²) in [6.07, 6.45) is 2.04. The van der Waals surface area contributed by atoms with Gasteiger partial charge in [0.15, 0.2) is 0 Å². The highest BCUT2D eigenvalue weighted by Crippen LogP contribution is 2.29. The molecular formula is C12H14ClNO. The fourth-order valence-corrected chi connectivity index (χ4v) is 2.20. The van der Waals surface area contributed by atoms with Crippen molar-refractivity contribution in [2.24, 2.45) is 5.92 Å². The molecule has 0 radical (unpaired) electrons. The highest BCUT2D eigenvalue weighted by Gasteiger charge is 2.26. The minimum absolute atomic E-state index is 0.120. The number of carbonyl (C=O) groups excluding carboxylic acids is 1. The molecule has 3 heteroatoms. The van der Waals surface area contributed by atoms with E-state index in [1.165, 1.54) is 0 Å². The first-order chi connectivity index (χ1) is 7.20. The average molecular weight is 224 g/mol. The van der Waals surface area contributed by atoms with E-state index in [-0.39, 0.29) is 11.8 Å². The normalized spacial score (nSPS) is 21.9. The molecule has 0 aromatic heterocycles. The number of benzene rings is 1. The molecule has 1 aromatic carbocycles. The zero-order valence-electron chi connectivity index (χ0n) is 8.74. The van der Waals surface area contributed by atoms with Crippen LogP contribution in [0.1, 0.15) is 19.8 Å². The molecule has 1 atom stereocenters. The van der Waals surface area contributed by atoms with E-state index in [0.29, 0.717) is 5.02 Å². The van der Waals surface area contributed by atoms with Crippen LogP contribution in [-0.4, -0.2) is 12.5 Å². The summed E-state index contributed by atoms with van der Waals surface area (Å²) in [5.74, 6) is 0.310. The Balaban J connectivity index is 2.30. The van der Waals surface area contributed by atoms with E-state index < -0.39 is 0 Å². The Morgan fingerprint density at radius 2 is 2.13 bits per heavy atom. The van der Waals surface area contributed by atoms with Gasteiger partial charge in [-0.15, -0.1) is 0 Å². The van der Waals surface area contributed by atoms with Crippen LogP contribution in [0, 0.1) is 5.92 Å². The van der Waals surface area contributed by atoms with Gasteiger partial charge in [-0.2, -0.15) is 0 Å². The summed E-state index contributed by atoms with van der Waals surface area (Å²) in [5, 5.41) is 0.653. The van der Waals surface area contributed by atoms with Crippen molar-refractivity contribution in [2.75, 3.05) is 11.4 Å². The predicted octanol–water partition coefficient (Wildman–Crippen LogP) is 3.10. The lowest BCUT2D eigenvalue weighted by molar-refractivity contribution is -0.123. The lowest BCUT2D eigenvalue weighted by Crippen LogP contribution is -2.40. The second-order valence-electron chi connectivity index (χ2n) is 3.98. The highest BCUT2D eigenvalue weighted by atomic mass is 35.5. The molecule has 1 aliphatic heterocycles. The Morgan fingerprint density at radius 1 is 1.40 bits per heavy atom. The number of carbonyl (C=O) groups is 1. The van der Waals surface area contributed by atoms with E-state index in [1.807, 2.05) is 31.2 Å². The van der Waals surface area contributed by atoms with Crippen LogP contribution in [-0.2, 0) is 4.79 Å². The maximum atomic E-state index is 11.9. The molecule has 0 aliphatic carbocycles. The van der Waals surface area contributed by atoms with Gasteiger partial charge in [0, 0.05) is 12.5 Å². The van der Waals surface area contributed by atoms with Gasteiger partial charge in [0.05, 0.1) is 10.7 Å². The smallest absolute Gasteiger partial charge is 0.229 e. The third-order valence-corrected chi connectivity index (χ3v) is 3.17. The molecule has 0 saturated carbocycles. The molecule has 1 aliphatic rings. The largest absolute Gasteiger partial charge is 0.311 e. The van der Waals surface area contributed by atoms with Crippen LogP contribution in [0.4, 0.5) is 5.69 Å². The zero-order chi connectivity index (χ0) is 10.8. The van der Waals surface area contributed by atoms with Gasteiger partial charge in [0.1, 0.15) is 0 Å². The number of nitrogens with zero attached hydrogens (tertiary/aromatic N) is 1. The highest BCUT2D eigenvalue weighted by molar-refractivity contribution is 6.33. The molecule has 0 N–H and O–H groups in total. The number of amides is 1. The van der Waals surface area contributed by atoms with Gasteiger partial charge in [-0.3, -0.25) is 4.79 Å². The molecule has 15 heavy (non-hydrogen) atoms. The van der Waals surface area contributed by atoms with Crippen LogP contribution < -0.4 is 4.90 Å². The molecule has 2 nitrogen and oxygen atoms in total. The number of rotatable bonds is 1. The Morgan fingerprint density at radius 3 is 2.87 bits per heavy atom. The fraction of sp³-hybridized carbons (Fsp3) is 0.417. The summed E-state index contributed by atoms with van der Waals surface area (Å²) in [6, 6.07) is 7.51. The number of hydrogen-bond donors (Lipinski definition) is 0. The summed E-state index contributed by atoms with van der Waals surface area (Å²) in [5.41, 5.74) is 0.843. The molecule has 0 spiro atoms. The first-order valence-electron chi connectivity index (χ1n) is 5.26. The minimum atomic E-state index is 0.120. The number of para-hydroxylation sites is 1. The Labute approximate surface area is 94.8 Å². The Bertz CT molecular complexity index is 378. The maximum Gasteiger partial charge on any atom is 0.229 e. The van der Waals surface area contributed by atoms with Crippen molar-refractivity contribution in [1.29, 1.82) is 0 Å². The van der Waals surface area contributed by atoms with Gasteiger partial charge in [-0.05, 0) is 25.0 Å². The minimum Gasteiger partial charge on any atom is -0.311 e. The third kappa shape index (κ3) is 2.00. The van der Waals surface area contributed by atoms with Crippen LogP contribution in [0.2, 0.25) is 5.02 Å². The molecule has 1 aromatic rings.